The highest BCUT2D eigenvalue weighted by Crippen LogP contribution is 2.46. The Labute approximate surface area is 174 Å². The monoisotopic (exact) mass is 427 g/mol. The van der Waals surface area contributed by atoms with Crippen molar-refractivity contribution in [1.29, 1.82) is 0 Å². The molecule has 0 saturated heterocycles. The van der Waals surface area contributed by atoms with Gasteiger partial charge in [-0.2, -0.15) is 5.21 Å². The van der Waals surface area contributed by atoms with Crippen molar-refractivity contribution in [2.45, 2.75) is 16.7 Å². The van der Waals surface area contributed by atoms with Crippen molar-refractivity contribution < 1.29 is 14.3 Å². The Balaban J connectivity index is 1.86. The Morgan fingerprint density at radius 3 is 2.62 bits per heavy atom. The lowest BCUT2D eigenvalue weighted by molar-refractivity contribution is 0.102. The van der Waals surface area contributed by atoms with E-state index in [1.54, 1.807) is 14.2 Å². The number of nitrogens with zero attached hydrogens (tertiary/aromatic N) is 3. The molecule has 0 fully saturated rings. The third kappa shape index (κ3) is 3.76. The number of benzene rings is 2. The van der Waals surface area contributed by atoms with Gasteiger partial charge < -0.3 is 9.47 Å². The summed E-state index contributed by atoms with van der Waals surface area (Å²) in [6.07, 6.45) is 0. The third-order valence-corrected chi connectivity index (χ3v) is 6.82. The van der Waals surface area contributed by atoms with Crippen molar-refractivity contribution in [1.82, 2.24) is 20.6 Å². The van der Waals surface area contributed by atoms with Crippen LogP contribution < -0.4 is 14.8 Å². The number of aryl methyl sites for hydroxylation is 1. The average Bonchev–Trinajstić information content (AvgIpc) is 3.36. The molecule has 0 aliphatic heterocycles. The Morgan fingerprint density at radius 2 is 1.93 bits per heavy atom. The number of ether oxygens (including phenoxy) is 2. The van der Waals surface area contributed by atoms with Gasteiger partial charge >= 0.3 is 0 Å². The van der Waals surface area contributed by atoms with Crippen LogP contribution in [0.15, 0.2) is 46.2 Å². The minimum absolute atomic E-state index is 0.120. The van der Waals surface area contributed by atoms with Gasteiger partial charge in [0, 0.05) is 25.9 Å². The maximum atomic E-state index is 13.0. The molecule has 148 valence electrons. The van der Waals surface area contributed by atoms with Crippen LogP contribution >= 0.6 is 23.1 Å². The lowest BCUT2D eigenvalue weighted by atomic mass is 10.2. The van der Waals surface area contributed by atoms with E-state index in [9.17, 15) is 4.79 Å². The summed E-state index contributed by atoms with van der Waals surface area (Å²) in [6.45, 7) is 2.04. The summed E-state index contributed by atoms with van der Waals surface area (Å²) in [6, 6.07) is 11.8. The number of aromatic nitrogens is 4. The molecule has 8 nitrogen and oxygen atoms in total. The molecule has 10 heteroatoms. The molecule has 4 rings (SSSR count). The Morgan fingerprint density at radius 1 is 1.17 bits per heavy atom. The molecule has 1 amide bonds. The van der Waals surface area contributed by atoms with Crippen LogP contribution in [-0.2, 0) is 0 Å². The number of thiophene rings is 1. The van der Waals surface area contributed by atoms with E-state index in [-0.39, 0.29) is 11.9 Å². The van der Waals surface area contributed by atoms with Crippen LogP contribution in [0.5, 0.6) is 11.5 Å². The van der Waals surface area contributed by atoms with Crippen LogP contribution in [0, 0.1) is 6.92 Å². The molecule has 2 heterocycles. The van der Waals surface area contributed by atoms with Gasteiger partial charge in [0.05, 0.1) is 14.2 Å². The molecule has 0 aliphatic carbocycles. The number of hydrogen-bond acceptors (Lipinski definition) is 8. The molecule has 0 spiro atoms. The zero-order valence-electron chi connectivity index (χ0n) is 15.8. The lowest BCUT2D eigenvalue weighted by Crippen LogP contribution is -2.12. The molecule has 0 bridgehead atoms. The number of methoxy groups -OCH3 is 2. The highest BCUT2D eigenvalue weighted by atomic mass is 32.2. The van der Waals surface area contributed by atoms with Crippen LogP contribution in [0.25, 0.3) is 10.1 Å². The molecule has 4 aromatic rings. The van der Waals surface area contributed by atoms with Gasteiger partial charge in [-0.15, -0.1) is 16.4 Å². The van der Waals surface area contributed by atoms with Gasteiger partial charge in [-0.3, -0.25) is 10.1 Å². The van der Waals surface area contributed by atoms with Gasteiger partial charge in [-0.1, -0.05) is 35.1 Å². The van der Waals surface area contributed by atoms with Crippen LogP contribution in [-0.4, -0.2) is 40.8 Å². The maximum Gasteiger partial charge on any atom is 0.270 e. The number of hydrogen-bond donors (Lipinski definition) is 2. The number of nitrogens with one attached hydrogen (secondary N) is 2. The number of H-pyrrole nitrogens is 1. The van der Waals surface area contributed by atoms with Gasteiger partial charge in [-0.05, 0) is 29.8 Å². The molecular weight excluding hydrogens is 410 g/mol. The van der Waals surface area contributed by atoms with E-state index in [0.717, 1.165) is 25.4 Å². The summed E-state index contributed by atoms with van der Waals surface area (Å²) in [5, 5.41) is 17.0. The predicted molar refractivity (Wildman–Crippen MR) is 112 cm³/mol. The number of fused-ring (bicyclic) bond motifs is 1. The van der Waals surface area contributed by atoms with Gasteiger partial charge in [0.15, 0.2) is 11.5 Å². The number of carbonyl (C=O) groups is 1. The smallest absolute Gasteiger partial charge is 0.270 e. The fourth-order valence-electron chi connectivity index (χ4n) is 2.81. The first-order chi connectivity index (χ1) is 14.1. The van der Waals surface area contributed by atoms with Crippen molar-refractivity contribution in [3.05, 3.63) is 46.8 Å². The second-order valence-corrected chi connectivity index (χ2v) is 8.13. The first-order valence-corrected chi connectivity index (χ1v) is 10.2. The highest BCUT2D eigenvalue weighted by molar-refractivity contribution is 8.00. The van der Waals surface area contributed by atoms with E-state index in [1.165, 1.54) is 23.1 Å². The van der Waals surface area contributed by atoms with Crippen molar-refractivity contribution in [3.8, 4) is 11.5 Å². The molecular formula is C19H17N5O3S2. The molecule has 2 N–H and O–H groups in total. The first-order valence-electron chi connectivity index (χ1n) is 8.57. The molecule has 2 aromatic heterocycles. The maximum absolute atomic E-state index is 13.0. The topological polar surface area (TPSA) is 102 Å². The zero-order valence-corrected chi connectivity index (χ0v) is 17.5. The minimum Gasteiger partial charge on any atom is -0.493 e. The molecule has 0 aliphatic rings. The Bertz CT molecular complexity index is 1170. The molecule has 0 saturated carbocycles. The number of tetrazole rings is 1. The summed E-state index contributed by atoms with van der Waals surface area (Å²) in [5.74, 6) is 1.03. The Kier molecular flexibility index (Phi) is 5.36. The normalized spacial score (nSPS) is 10.9. The second kappa shape index (κ2) is 8.10. The SMILES string of the molecule is COc1cc2sc(C(=O)Nc3nn[nH]n3)c(Sc3ccccc3C)c2cc1OC. The largest absolute Gasteiger partial charge is 0.493 e. The van der Waals surface area contributed by atoms with Crippen molar-refractivity contribution in [2.75, 3.05) is 19.5 Å². The summed E-state index contributed by atoms with van der Waals surface area (Å²) in [4.78, 5) is 15.4. The standard InChI is InChI=1S/C19H17N5O3S2/c1-10-6-4-5-7-14(10)28-16-11-8-12(26-2)13(27-3)9-15(11)29-17(16)18(25)20-19-21-23-24-22-19/h4-9H,1-3H3,(H2,20,21,22,23,24,25). The van der Waals surface area contributed by atoms with Gasteiger partial charge in [-0.25, -0.2) is 0 Å². The third-order valence-electron chi connectivity index (χ3n) is 4.23. The van der Waals surface area contributed by atoms with Crippen molar-refractivity contribution in [3.63, 3.8) is 0 Å². The number of anilines is 1. The van der Waals surface area contributed by atoms with Crippen molar-refractivity contribution in [2.24, 2.45) is 0 Å². The van der Waals surface area contributed by atoms with Crippen LogP contribution in [0.1, 0.15) is 15.2 Å². The lowest BCUT2D eigenvalue weighted by Gasteiger charge is -2.09. The summed E-state index contributed by atoms with van der Waals surface area (Å²) >= 11 is 2.91. The summed E-state index contributed by atoms with van der Waals surface area (Å²) in [5.41, 5.74) is 1.13. The van der Waals surface area contributed by atoms with E-state index in [1.807, 2.05) is 43.3 Å². The highest BCUT2D eigenvalue weighted by Gasteiger charge is 2.23. The fraction of sp³-hybridized carbons (Fsp3) is 0.158. The van der Waals surface area contributed by atoms with Gasteiger partial charge in [0.1, 0.15) is 4.88 Å². The Hall–Kier alpha value is -3.11. The second-order valence-electron chi connectivity index (χ2n) is 6.02. The van der Waals surface area contributed by atoms with Crippen LogP contribution in [0.3, 0.4) is 0 Å². The molecule has 0 unspecified atom stereocenters. The quantitative estimate of drug-likeness (QED) is 0.477. The number of amides is 1. The van der Waals surface area contributed by atoms with E-state index < -0.39 is 0 Å². The fourth-order valence-corrected chi connectivity index (χ4v) is 5.18. The average molecular weight is 428 g/mol. The minimum atomic E-state index is -0.304. The van der Waals surface area contributed by atoms with Crippen molar-refractivity contribution >= 4 is 45.0 Å². The van der Waals surface area contributed by atoms with E-state index in [0.29, 0.717) is 16.4 Å². The van der Waals surface area contributed by atoms with Crippen LogP contribution in [0.4, 0.5) is 5.95 Å². The first kappa shape index (κ1) is 19.2. The molecule has 29 heavy (non-hydrogen) atoms. The van der Waals surface area contributed by atoms with Gasteiger partial charge in [0.2, 0.25) is 0 Å². The summed E-state index contributed by atoms with van der Waals surface area (Å²) in [7, 11) is 3.18. The predicted octanol–water partition coefficient (Wildman–Crippen LogP) is 4.14. The van der Waals surface area contributed by atoms with E-state index >= 15 is 0 Å². The number of carbonyl (C=O) groups excluding carboxylic acids is 1. The molecule has 0 atom stereocenters. The number of rotatable bonds is 6. The number of aromatic amines is 1. The zero-order chi connectivity index (χ0) is 20.4. The molecule has 0 radical (unpaired) electrons. The molecule has 2 aromatic carbocycles. The summed E-state index contributed by atoms with van der Waals surface area (Å²) < 4.78 is 11.8. The van der Waals surface area contributed by atoms with E-state index in [4.69, 9.17) is 9.47 Å². The van der Waals surface area contributed by atoms with E-state index in [2.05, 4.69) is 25.9 Å². The van der Waals surface area contributed by atoms with Gasteiger partial charge in [0.25, 0.3) is 11.9 Å². The van der Waals surface area contributed by atoms with Crippen LogP contribution in [0.2, 0.25) is 0 Å².